The Morgan fingerprint density at radius 2 is 2.21 bits per heavy atom. The average Bonchev–Trinajstić information content (AvgIpc) is 2.68. The summed E-state index contributed by atoms with van der Waals surface area (Å²) >= 11 is 0. The van der Waals surface area contributed by atoms with Crippen molar-refractivity contribution in [3.05, 3.63) is 24.3 Å². The molecule has 0 bridgehead atoms. The van der Waals surface area contributed by atoms with Gasteiger partial charge in [-0.25, -0.2) is 9.97 Å². The third-order valence-electron chi connectivity index (χ3n) is 3.77. The van der Waals surface area contributed by atoms with E-state index in [-0.39, 0.29) is 0 Å². The van der Waals surface area contributed by atoms with Gasteiger partial charge in [-0.05, 0) is 18.9 Å². The number of nitrogens with zero attached hydrogens (tertiary/aromatic N) is 2. The van der Waals surface area contributed by atoms with E-state index in [0.717, 1.165) is 0 Å². The molecule has 3 heteroatoms. The Bertz CT molecular complexity index is 317. The van der Waals surface area contributed by atoms with Crippen molar-refractivity contribution < 1.29 is 0 Å². The van der Waals surface area contributed by atoms with E-state index in [0.29, 0.717) is 11.5 Å². The Morgan fingerprint density at radius 1 is 1.36 bits per heavy atom. The summed E-state index contributed by atoms with van der Waals surface area (Å²) < 4.78 is 0. The molecule has 2 aliphatic rings. The number of hydrogen-bond acceptors (Lipinski definition) is 3. The van der Waals surface area contributed by atoms with Gasteiger partial charge in [0.1, 0.15) is 6.33 Å². The quantitative estimate of drug-likeness (QED) is 0.730. The van der Waals surface area contributed by atoms with Crippen LogP contribution < -0.4 is 5.32 Å². The van der Waals surface area contributed by atoms with E-state index in [1.165, 1.54) is 37.9 Å². The standard InChI is InChI=1S/C11H15N3/c1-2-5-11(4-1)7-13-10(11)9-3-6-12-8-14-9/h3,6,8,10,13H,1-2,4-5,7H2. The fourth-order valence-electron chi connectivity index (χ4n) is 2.93. The maximum atomic E-state index is 4.35. The molecule has 0 aromatic carbocycles. The largest absolute Gasteiger partial charge is 0.307 e. The lowest BCUT2D eigenvalue weighted by molar-refractivity contribution is 0.0862. The minimum Gasteiger partial charge on any atom is -0.307 e. The van der Waals surface area contributed by atoms with Crippen molar-refractivity contribution in [3.8, 4) is 0 Å². The highest BCUT2D eigenvalue weighted by Crippen LogP contribution is 2.51. The molecule has 1 aromatic rings. The molecule has 1 N–H and O–H groups in total. The molecule has 3 nitrogen and oxygen atoms in total. The summed E-state index contributed by atoms with van der Waals surface area (Å²) in [5.74, 6) is 0. The Labute approximate surface area is 84.0 Å². The molecule has 1 unspecified atom stereocenters. The third-order valence-corrected chi connectivity index (χ3v) is 3.77. The van der Waals surface area contributed by atoms with Gasteiger partial charge in [-0.1, -0.05) is 12.8 Å². The molecule has 1 saturated carbocycles. The van der Waals surface area contributed by atoms with Crippen LogP contribution in [0, 0.1) is 5.41 Å². The molecule has 1 spiro atoms. The van der Waals surface area contributed by atoms with Crippen LogP contribution in [0.25, 0.3) is 0 Å². The van der Waals surface area contributed by atoms with Crippen LogP contribution in [0.1, 0.15) is 37.4 Å². The van der Waals surface area contributed by atoms with Crippen molar-refractivity contribution in [2.45, 2.75) is 31.7 Å². The topological polar surface area (TPSA) is 37.8 Å². The smallest absolute Gasteiger partial charge is 0.115 e. The van der Waals surface area contributed by atoms with Gasteiger partial charge in [0.25, 0.3) is 0 Å². The maximum Gasteiger partial charge on any atom is 0.115 e. The van der Waals surface area contributed by atoms with E-state index in [1.807, 2.05) is 12.3 Å². The van der Waals surface area contributed by atoms with Gasteiger partial charge in [0.05, 0.1) is 11.7 Å². The van der Waals surface area contributed by atoms with Crippen LogP contribution in [0.3, 0.4) is 0 Å². The molecule has 14 heavy (non-hydrogen) atoms. The molecular formula is C11H15N3. The second kappa shape index (κ2) is 3.02. The predicted molar refractivity (Wildman–Crippen MR) is 53.7 cm³/mol. The Kier molecular flexibility index (Phi) is 1.80. The Balaban J connectivity index is 1.87. The van der Waals surface area contributed by atoms with E-state index in [9.17, 15) is 0 Å². The van der Waals surface area contributed by atoms with Crippen molar-refractivity contribution in [1.82, 2.24) is 15.3 Å². The predicted octanol–water partition coefficient (Wildman–Crippen LogP) is 1.68. The third kappa shape index (κ3) is 1.08. The summed E-state index contributed by atoms with van der Waals surface area (Å²) in [4.78, 5) is 8.31. The van der Waals surface area contributed by atoms with Crippen LogP contribution in [0.4, 0.5) is 0 Å². The molecule has 0 radical (unpaired) electrons. The first kappa shape index (κ1) is 8.36. The first-order valence-electron chi connectivity index (χ1n) is 5.40. The molecule has 1 aliphatic carbocycles. The lowest BCUT2D eigenvalue weighted by Gasteiger charge is -2.48. The van der Waals surface area contributed by atoms with Crippen LogP contribution in [-0.2, 0) is 0 Å². The molecular weight excluding hydrogens is 174 g/mol. The molecule has 1 atom stereocenters. The van der Waals surface area contributed by atoms with Crippen LogP contribution in [-0.4, -0.2) is 16.5 Å². The van der Waals surface area contributed by atoms with Crippen molar-refractivity contribution in [3.63, 3.8) is 0 Å². The molecule has 1 saturated heterocycles. The molecule has 3 rings (SSSR count). The summed E-state index contributed by atoms with van der Waals surface area (Å²) in [6.45, 7) is 1.18. The SMILES string of the molecule is c1cc(C2NCC23CCCC3)ncn1. The van der Waals surface area contributed by atoms with E-state index in [2.05, 4.69) is 15.3 Å². The lowest BCUT2D eigenvalue weighted by Crippen LogP contribution is -2.54. The number of nitrogens with one attached hydrogen (secondary N) is 1. The summed E-state index contributed by atoms with van der Waals surface area (Å²) in [7, 11) is 0. The number of hydrogen-bond donors (Lipinski definition) is 1. The zero-order chi connectivity index (χ0) is 9.43. The van der Waals surface area contributed by atoms with Gasteiger partial charge in [-0.15, -0.1) is 0 Å². The molecule has 74 valence electrons. The average molecular weight is 189 g/mol. The fraction of sp³-hybridized carbons (Fsp3) is 0.636. The fourth-order valence-corrected chi connectivity index (χ4v) is 2.93. The van der Waals surface area contributed by atoms with Gasteiger partial charge in [-0.2, -0.15) is 0 Å². The van der Waals surface area contributed by atoms with Gasteiger partial charge >= 0.3 is 0 Å². The summed E-state index contributed by atoms with van der Waals surface area (Å²) in [5, 5.41) is 3.50. The normalized spacial score (nSPS) is 29.0. The van der Waals surface area contributed by atoms with Crippen LogP contribution in [0.5, 0.6) is 0 Å². The first-order valence-corrected chi connectivity index (χ1v) is 5.40. The Hall–Kier alpha value is -0.960. The summed E-state index contributed by atoms with van der Waals surface area (Å²) in [5.41, 5.74) is 1.71. The molecule has 0 amide bonds. The zero-order valence-electron chi connectivity index (χ0n) is 8.24. The summed E-state index contributed by atoms with van der Waals surface area (Å²) in [6.07, 6.45) is 9.01. The van der Waals surface area contributed by atoms with E-state index in [4.69, 9.17) is 0 Å². The van der Waals surface area contributed by atoms with Gasteiger partial charge in [0.15, 0.2) is 0 Å². The van der Waals surface area contributed by atoms with Gasteiger partial charge < -0.3 is 5.32 Å². The van der Waals surface area contributed by atoms with Crippen molar-refractivity contribution in [1.29, 1.82) is 0 Å². The number of aromatic nitrogens is 2. The highest BCUT2D eigenvalue weighted by molar-refractivity contribution is 5.17. The maximum absolute atomic E-state index is 4.35. The highest BCUT2D eigenvalue weighted by atomic mass is 15.1. The van der Waals surface area contributed by atoms with E-state index >= 15 is 0 Å². The molecule has 2 fully saturated rings. The van der Waals surface area contributed by atoms with Crippen LogP contribution in [0.15, 0.2) is 18.6 Å². The van der Waals surface area contributed by atoms with E-state index in [1.54, 1.807) is 6.33 Å². The lowest BCUT2D eigenvalue weighted by atomic mass is 9.71. The van der Waals surface area contributed by atoms with Gasteiger partial charge in [0.2, 0.25) is 0 Å². The monoisotopic (exact) mass is 189 g/mol. The number of rotatable bonds is 1. The first-order chi connectivity index (χ1) is 6.91. The van der Waals surface area contributed by atoms with Crippen molar-refractivity contribution in [2.75, 3.05) is 6.54 Å². The molecule has 2 heterocycles. The highest BCUT2D eigenvalue weighted by Gasteiger charge is 2.49. The van der Waals surface area contributed by atoms with Crippen molar-refractivity contribution >= 4 is 0 Å². The zero-order valence-corrected chi connectivity index (χ0v) is 8.24. The summed E-state index contributed by atoms with van der Waals surface area (Å²) in [6, 6.07) is 2.53. The minimum absolute atomic E-state index is 0.494. The van der Waals surface area contributed by atoms with Crippen LogP contribution in [0.2, 0.25) is 0 Å². The van der Waals surface area contributed by atoms with Gasteiger partial charge in [-0.3, -0.25) is 0 Å². The minimum atomic E-state index is 0.494. The van der Waals surface area contributed by atoms with E-state index < -0.39 is 0 Å². The second-order valence-corrected chi connectivity index (χ2v) is 4.52. The molecule has 1 aliphatic heterocycles. The second-order valence-electron chi connectivity index (χ2n) is 4.52. The molecule has 1 aromatic heterocycles. The van der Waals surface area contributed by atoms with Gasteiger partial charge in [0, 0.05) is 18.2 Å². The van der Waals surface area contributed by atoms with Crippen molar-refractivity contribution in [2.24, 2.45) is 5.41 Å². The Morgan fingerprint density at radius 3 is 2.79 bits per heavy atom. The van der Waals surface area contributed by atoms with Crippen LogP contribution >= 0.6 is 0 Å².